The third kappa shape index (κ3) is 5.24. The third-order valence-electron chi connectivity index (χ3n) is 6.96. The van der Waals surface area contributed by atoms with Crippen LogP contribution in [-0.4, -0.2) is 35.6 Å². The number of piperidine rings is 1. The fourth-order valence-electron chi connectivity index (χ4n) is 5.09. The van der Waals surface area contributed by atoms with Crippen LogP contribution in [0.4, 0.5) is 4.39 Å². The van der Waals surface area contributed by atoms with Gasteiger partial charge in [-0.05, 0) is 92.1 Å². The second-order valence-corrected chi connectivity index (χ2v) is 9.02. The summed E-state index contributed by atoms with van der Waals surface area (Å²) in [4.78, 5) is 13.1. The predicted octanol–water partition coefficient (Wildman–Crippen LogP) is 5.12. The Bertz CT molecular complexity index is 812. The van der Waals surface area contributed by atoms with Crippen LogP contribution in [0, 0.1) is 17.2 Å². The summed E-state index contributed by atoms with van der Waals surface area (Å²) >= 11 is 0. The second kappa shape index (κ2) is 8.66. The highest BCUT2D eigenvalue weighted by Crippen LogP contribution is 2.52. The van der Waals surface area contributed by atoms with Crippen LogP contribution in [0.15, 0.2) is 54.6 Å². The smallest absolute Gasteiger partial charge is 0.317 e. The molecule has 0 amide bonds. The molecule has 2 fully saturated rings. The highest BCUT2D eigenvalue weighted by molar-refractivity contribution is 5.69. The molecule has 0 radical (unpaired) electrons. The Morgan fingerprint density at radius 1 is 1.07 bits per heavy atom. The topological polar surface area (TPSA) is 40.5 Å². The van der Waals surface area contributed by atoms with E-state index in [9.17, 15) is 9.18 Å². The second-order valence-electron chi connectivity index (χ2n) is 9.02. The summed E-state index contributed by atoms with van der Waals surface area (Å²) in [5, 5.41) is 9.10. The number of halogens is 1. The van der Waals surface area contributed by atoms with Gasteiger partial charge in [-0.2, -0.15) is 0 Å². The van der Waals surface area contributed by atoms with Crippen LogP contribution in [-0.2, 0) is 11.2 Å². The summed E-state index contributed by atoms with van der Waals surface area (Å²) in [7, 11) is 0. The van der Waals surface area contributed by atoms with Crippen molar-refractivity contribution in [1.29, 1.82) is 0 Å². The molecule has 4 heteroatoms. The maximum Gasteiger partial charge on any atom is 0.317 e. The van der Waals surface area contributed by atoms with E-state index in [1.807, 2.05) is 12.1 Å². The first-order valence-corrected chi connectivity index (χ1v) is 10.8. The molecular weight excluding hydrogens is 365 g/mol. The zero-order chi connectivity index (χ0) is 20.3. The van der Waals surface area contributed by atoms with Crippen molar-refractivity contribution < 1.29 is 14.3 Å². The SMILES string of the molecule is O=C(O)CN1CCC(CC[C@@H]2CC2c2ccccc2)(Cc2ccc(F)cc2)CC1. The van der Waals surface area contributed by atoms with E-state index in [4.69, 9.17) is 5.11 Å². The number of carbonyl (C=O) groups is 1. The van der Waals surface area contributed by atoms with Gasteiger partial charge in [0, 0.05) is 0 Å². The Morgan fingerprint density at radius 2 is 1.76 bits per heavy atom. The van der Waals surface area contributed by atoms with Gasteiger partial charge in [-0.15, -0.1) is 0 Å². The number of aliphatic carboxylic acids is 1. The average Bonchev–Trinajstić information content (AvgIpc) is 3.50. The minimum absolute atomic E-state index is 0.130. The summed E-state index contributed by atoms with van der Waals surface area (Å²) in [6.45, 7) is 1.80. The molecule has 0 aromatic heterocycles. The molecule has 2 aliphatic rings. The molecule has 1 unspecified atom stereocenters. The van der Waals surface area contributed by atoms with Crippen molar-refractivity contribution in [2.75, 3.05) is 19.6 Å². The highest BCUT2D eigenvalue weighted by Gasteiger charge is 2.41. The van der Waals surface area contributed by atoms with Crippen molar-refractivity contribution in [1.82, 2.24) is 4.90 Å². The fraction of sp³-hybridized carbons (Fsp3) is 0.480. The molecule has 1 aliphatic heterocycles. The number of benzene rings is 2. The molecule has 154 valence electrons. The van der Waals surface area contributed by atoms with Crippen LogP contribution in [0.5, 0.6) is 0 Å². The summed E-state index contributed by atoms with van der Waals surface area (Å²) in [6.07, 6.45) is 6.65. The summed E-state index contributed by atoms with van der Waals surface area (Å²) < 4.78 is 13.3. The van der Waals surface area contributed by atoms with E-state index >= 15 is 0 Å². The highest BCUT2D eigenvalue weighted by atomic mass is 19.1. The predicted molar refractivity (Wildman–Crippen MR) is 112 cm³/mol. The molecule has 2 aromatic carbocycles. The Balaban J connectivity index is 1.40. The third-order valence-corrected chi connectivity index (χ3v) is 6.96. The van der Waals surface area contributed by atoms with Crippen LogP contribution in [0.2, 0.25) is 0 Å². The molecule has 1 saturated carbocycles. The van der Waals surface area contributed by atoms with E-state index in [-0.39, 0.29) is 17.8 Å². The molecule has 1 saturated heterocycles. The van der Waals surface area contributed by atoms with E-state index in [1.165, 1.54) is 30.4 Å². The van der Waals surface area contributed by atoms with Crippen LogP contribution in [0.25, 0.3) is 0 Å². The molecular formula is C25H30FNO2. The Hall–Kier alpha value is -2.20. The van der Waals surface area contributed by atoms with Gasteiger partial charge in [0.2, 0.25) is 0 Å². The molecule has 1 heterocycles. The lowest BCUT2D eigenvalue weighted by Gasteiger charge is -2.42. The largest absolute Gasteiger partial charge is 0.480 e. The Kier molecular flexibility index (Phi) is 6.00. The van der Waals surface area contributed by atoms with Gasteiger partial charge < -0.3 is 5.11 Å². The van der Waals surface area contributed by atoms with Gasteiger partial charge in [-0.1, -0.05) is 42.5 Å². The fourth-order valence-corrected chi connectivity index (χ4v) is 5.09. The lowest BCUT2D eigenvalue weighted by Crippen LogP contribution is -2.43. The number of likely N-dealkylation sites (tertiary alicyclic amines) is 1. The maximum absolute atomic E-state index is 13.3. The van der Waals surface area contributed by atoms with Crippen LogP contribution < -0.4 is 0 Å². The summed E-state index contributed by atoms with van der Waals surface area (Å²) in [5.74, 6) is 0.521. The van der Waals surface area contributed by atoms with Gasteiger partial charge in [0.05, 0.1) is 6.54 Å². The quantitative estimate of drug-likeness (QED) is 0.674. The molecule has 29 heavy (non-hydrogen) atoms. The van der Waals surface area contributed by atoms with Crippen molar-refractivity contribution >= 4 is 5.97 Å². The van der Waals surface area contributed by atoms with E-state index in [0.29, 0.717) is 5.92 Å². The number of hydrogen-bond donors (Lipinski definition) is 1. The van der Waals surface area contributed by atoms with Gasteiger partial charge in [0.25, 0.3) is 0 Å². The first-order valence-electron chi connectivity index (χ1n) is 10.8. The zero-order valence-corrected chi connectivity index (χ0v) is 16.9. The van der Waals surface area contributed by atoms with E-state index in [0.717, 1.165) is 38.3 Å². The molecule has 0 bridgehead atoms. The normalized spacial score (nSPS) is 23.6. The van der Waals surface area contributed by atoms with Crippen LogP contribution >= 0.6 is 0 Å². The van der Waals surface area contributed by atoms with Crippen molar-refractivity contribution in [3.63, 3.8) is 0 Å². The first-order chi connectivity index (χ1) is 14.0. The Morgan fingerprint density at radius 3 is 2.41 bits per heavy atom. The van der Waals surface area contributed by atoms with Gasteiger partial charge in [0.15, 0.2) is 0 Å². The van der Waals surface area contributed by atoms with Crippen molar-refractivity contribution in [3.8, 4) is 0 Å². The standard InChI is InChI=1S/C25H30FNO2/c26-22-8-6-19(7-9-22)17-25(12-14-27(15-13-25)18-24(28)29)11-10-21-16-23(21)20-4-2-1-3-5-20/h1-9,21,23H,10-18H2,(H,28,29)/t21-,23?/m1/s1. The molecule has 1 N–H and O–H groups in total. The molecule has 1 aliphatic carbocycles. The molecule has 2 aromatic rings. The van der Waals surface area contributed by atoms with Crippen molar-refractivity contribution in [2.45, 2.75) is 44.4 Å². The van der Waals surface area contributed by atoms with Gasteiger partial charge in [-0.25, -0.2) is 4.39 Å². The van der Waals surface area contributed by atoms with Gasteiger partial charge >= 0.3 is 5.97 Å². The summed E-state index contributed by atoms with van der Waals surface area (Å²) in [5.41, 5.74) is 2.84. The van der Waals surface area contributed by atoms with Crippen LogP contribution in [0.1, 0.15) is 49.1 Å². The number of carboxylic acids is 1. The molecule has 2 atom stereocenters. The lowest BCUT2D eigenvalue weighted by atomic mass is 9.70. The first kappa shape index (κ1) is 20.1. The van der Waals surface area contributed by atoms with Gasteiger partial charge in [0.1, 0.15) is 5.82 Å². The van der Waals surface area contributed by atoms with Gasteiger partial charge in [-0.3, -0.25) is 9.69 Å². The number of hydrogen-bond acceptors (Lipinski definition) is 2. The van der Waals surface area contributed by atoms with Crippen molar-refractivity contribution in [3.05, 3.63) is 71.5 Å². The minimum atomic E-state index is -0.750. The zero-order valence-electron chi connectivity index (χ0n) is 16.9. The lowest BCUT2D eigenvalue weighted by molar-refractivity contribution is -0.139. The number of nitrogens with zero attached hydrogens (tertiary/aromatic N) is 1. The van der Waals surface area contributed by atoms with E-state index in [2.05, 4.69) is 35.2 Å². The number of rotatable bonds is 8. The average molecular weight is 396 g/mol. The van der Waals surface area contributed by atoms with Crippen molar-refractivity contribution in [2.24, 2.45) is 11.3 Å². The summed E-state index contributed by atoms with van der Waals surface area (Å²) in [6, 6.07) is 17.7. The monoisotopic (exact) mass is 395 g/mol. The van der Waals surface area contributed by atoms with E-state index < -0.39 is 5.97 Å². The van der Waals surface area contributed by atoms with E-state index in [1.54, 1.807) is 12.1 Å². The maximum atomic E-state index is 13.3. The minimum Gasteiger partial charge on any atom is -0.480 e. The Labute approximate surface area is 172 Å². The molecule has 3 nitrogen and oxygen atoms in total. The van der Waals surface area contributed by atoms with Crippen LogP contribution in [0.3, 0.4) is 0 Å². The molecule has 4 rings (SSSR count). The molecule has 0 spiro atoms. The number of carboxylic acid groups (broad SMARTS) is 1.